The number of amides is 1. The number of ether oxygens (including phenoxy) is 2. The van der Waals surface area contributed by atoms with Crippen LogP contribution in [0.25, 0.3) is 16.6 Å². The Hall–Kier alpha value is -2.39. The highest BCUT2D eigenvalue weighted by Gasteiger charge is 2.24. The van der Waals surface area contributed by atoms with Gasteiger partial charge < -0.3 is 19.8 Å². The second-order valence-electron chi connectivity index (χ2n) is 6.51. The average Bonchev–Trinajstić information content (AvgIpc) is 3.33. The van der Waals surface area contributed by atoms with Gasteiger partial charge in [0.15, 0.2) is 15.5 Å². The number of hydrogen-bond donors (Lipinski definition) is 2. The van der Waals surface area contributed by atoms with Crippen LogP contribution in [0, 0.1) is 3.95 Å². The zero-order valence-corrected chi connectivity index (χ0v) is 15.3. The van der Waals surface area contributed by atoms with Crippen LogP contribution in [0.1, 0.15) is 35.4 Å². The first-order valence-electron chi connectivity index (χ1n) is 8.44. The normalized spacial score (nSPS) is 16.6. The van der Waals surface area contributed by atoms with Crippen molar-refractivity contribution >= 4 is 46.0 Å². The van der Waals surface area contributed by atoms with Gasteiger partial charge in [0.25, 0.3) is 11.5 Å². The summed E-state index contributed by atoms with van der Waals surface area (Å²) < 4.78 is 13.0. The lowest BCUT2D eigenvalue weighted by atomic mass is 10.2. The molecular formula is C17H15N3O4S2. The predicted octanol–water partition coefficient (Wildman–Crippen LogP) is 2.97. The van der Waals surface area contributed by atoms with Crippen LogP contribution in [0.4, 0.5) is 0 Å². The summed E-state index contributed by atoms with van der Waals surface area (Å²) in [7, 11) is 0. The maximum Gasteiger partial charge on any atom is 0.265 e. The Morgan fingerprint density at radius 2 is 2.00 bits per heavy atom. The highest BCUT2D eigenvalue weighted by atomic mass is 32.1. The molecule has 9 heteroatoms. The molecule has 0 saturated heterocycles. The van der Waals surface area contributed by atoms with Gasteiger partial charge in [-0.2, -0.15) is 0 Å². The molecule has 2 N–H and O–H groups in total. The van der Waals surface area contributed by atoms with Crippen LogP contribution in [-0.4, -0.2) is 28.1 Å². The SMILES string of the molecule is O=C(NC1CCCC1)c1sc(=S)n2c1[nH]c(=O)c1cc3c(cc12)OCO3. The van der Waals surface area contributed by atoms with Crippen LogP contribution >= 0.6 is 23.6 Å². The summed E-state index contributed by atoms with van der Waals surface area (Å²) in [5.41, 5.74) is 0.738. The van der Waals surface area contributed by atoms with Gasteiger partial charge in [0, 0.05) is 12.1 Å². The Balaban J connectivity index is 1.71. The van der Waals surface area contributed by atoms with Crippen LogP contribution in [0.3, 0.4) is 0 Å². The molecule has 134 valence electrons. The van der Waals surface area contributed by atoms with Crippen molar-refractivity contribution in [2.24, 2.45) is 0 Å². The average molecular weight is 389 g/mol. The lowest BCUT2D eigenvalue weighted by molar-refractivity contribution is 0.0943. The fourth-order valence-corrected chi connectivity index (χ4v) is 4.94. The van der Waals surface area contributed by atoms with Crippen molar-refractivity contribution in [3.05, 3.63) is 31.3 Å². The lowest BCUT2D eigenvalue weighted by Crippen LogP contribution is -2.32. The van der Waals surface area contributed by atoms with Gasteiger partial charge in [-0.05, 0) is 31.1 Å². The third-order valence-electron chi connectivity index (χ3n) is 4.92. The molecule has 1 saturated carbocycles. The smallest absolute Gasteiger partial charge is 0.265 e. The third kappa shape index (κ3) is 2.34. The number of H-pyrrole nitrogens is 1. The zero-order valence-electron chi connectivity index (χ0n) is 13.7. The van der Waals surface area contributed by atoms with Gasteiger partial charge in [-0.1, -0.05) is 24.2 Å². The molecule has 0 radical (unpaired) electrons. The molecule has 0 bridgehead atoms. The minimum absolute atomic E-state index is 0.122. The number of carbonyl (C=O) groups excluding carboxylic acids is 1. The van der Waals surface area contributed by atoms with E-state index in [-0.39, 0.29) is 24.3 Å². The lowest BCUT2D eigenvalue weighted by Gasteiger charge is -2.11. The van der Waals surface area contributed by atoms with Gasteiger partial charge in [-0.15, -0.1) is 0 Å². The van der Waals surface area contributed by atoms with E-state index in [1.807, 2.05) is 0 Å². The fraction of sp³-hybridized carbons (Fsp3) is 0.353. The number of fused-ring (bicyclic) bond motifs is 4. The monoisotopic (exact) mass is 389 g/mol. The minimum atomic E-state index is -0.291. The number of hydrogen-bond acceptors (Lipinski definition) is 6. The Kier molecular flexibility index (Phi) is 3.54. The summed E-state index contributed by atoms with van der Waals surface area (Å²) in [6, 6.07) is 3.58. The first kappa shape index (κ1) is 15.8. The van der Waals surface area contributed by atoms with Gasteiger partial charge in [0.1, 0.15) is 10.5 Å². The number of benzene rings is 1. The summed E-state index contributed by atoms with van der Waals surface area (Å²) in [6.07, 6.45) is 4.25. The molecule has 1 aliphatic heterocycles. The van der Waals surface area contributed by atoms with Gasteiger partial charge in [-0.25, -0.2) is 0 Å². The molecule has 0 atom stereocenters. The molecule has 5 rings (SSSR count). The van der Waals surface area contributed by atoms with E-state index in [0.29, 0.717) is 36.9 Å². The van der Waals surface area contributed by atoms with E-state index < -0.39 is 0 Å². The van der Waals surface area contributed by atoms with E-state index in [1.165, 1.54) is 11.3 Å². The van der Waals surface area contributed by atoms with E-state index in [9.17, 15) is 9.59 Å². The molecule has 26 heavy (non-hydrogen) atoms. The molecule has 7 nitrogen and oxygen atoms in total. The Morgan fingerprint density at radius 1 is 1.27 bits per heavy atom. The molecular weight excluding hydrogens is 374 g/mol. The fourth-order valence-electron chi connectivity index (χ4n) is 3.65. The molecule has 1 amide bonds. The minimum Gasteiger partial charge on any atom is -0.454 e. The number of aromatic nitrogens is 2. The van der Waals surface area contributed by atoms with Crippen molar-refractivity contribution in [2.75, 3.05) is 6.79 Å². The van der Waals surface area contributed by atoms with E-state index in [0.717, 1.165) is 25.7 Å². The number of nitrogens with one attached hydrogen (secondary N) is 2. The van der Waals surface area contributed by atoms with Crippen molar-refractivity contribution < 1.29 is 14.3 Å². The van der Waals surface area contributed by atoms with Crippen LogP contribution in [-0.2, 0) is 0 Å². The largest absolute Gasteiger partial charge is 0.454 e. The van der Waals surface area contributed by atoms with E-state index >= 15 is 0 Å². The Morgan fingerprint density at radius 3 is 2.77 bits per heavy atom. The van der Waals surface area contributed by atoms with Gasteiger partial charge in [-0.3, -0.25) is 14.0 Å². The van der Waals surface area contributed by atoms with E-state index in [4.69, 9.17) is 21.7 Å². The van der Waals surface area contributed by atoms with Crippen molar-refractivity contribution in [3.8, 4) is 11.5 Å². The molecule has 0 spiro atoms. The maximum atomic E-state index is 12.7. The summed E-state index contributed by atoms with van der Waals surface area (Å²) >= 11 is 6.68. The first-order chi connectivity index (χ1) is 12.6. The first-order valence-corrected chi connectivity index (χ1v) is 9.66. The second kappa shape index (κ2) is 5.82. The summed E-state index contributed by atoms with van der Waals surface area (Å²) in [6.45, 7) is 0.122. The highest BCUT2D eigenvalue weighted by molar-refractivity contribution is 7.73. The van der Waals surface area contributed by atoms with Crippen molar-refractivity contribution in [3.63, 3.8) is 0 Å². The van der Waals surface area contributed by atoms with Gasteiger partial charge in [0.05, 0.1) is 10.9 Å². The van der Waals surface area contributed by atoms with Crippen molar-refractivity contribution in [2.45, 2.75) is 31.7 Å². The van der Waals surface area contributed by atoms with E-state index in [2.05, 4.69) is 10.3 Å². The summed E-state index contributed by atoms with van der Waals surface area (Å²) in [4.78, 5) is 28.6. The molecule has 1 aromatic carbocycles. The number of carbonyl (C=O) groups is 1. The van der Waals surface area contributed by atoms with E-state index in [1.54, 1.807) is 16.5 Å². The topological polar surface area (TPSA) is 84.8 Å². The van der Waals surface area contributed by atoms with Crippen LogP contribution in [0.2, 0.25) is 0 Å². The molecule has 2 aliphatic rings. The van der Waals surface area contributed by atoms with Crippen molar-refractivity contribution in [1.82, 2.24) is 14.7 Å². The second-order valence-corrected chi connectivity index (χ2v) is 8.16. The predicted molar refractivity (Wildman–Crippen MR) is 100 cm³/mol. The third-order valence-corrected chi connectivity index (χ3v) is 6.29. The van der Waals surface area contributed by atoms with Crippen LogP contribution < -0.4 is 20.3 Å². The maximum absolute atomic E-state index is 12.7. The van der Waals surface area contributed by atoms with Crippen LogP contribution in [0.5, 0.6) is 11.5 Å². The highest BCUT2D eigenvalue weighted by Crippen LogP contribution is 2.36. The molecule has 1 aliphatic carbocycles. The Bertz CT molecular complexity index is 1170. The zero-order chi connectivity index (χ0) is 17.8. The molecule has 1 fully saturated rings. The molecule has 2 aromatic heterocycles. The number of rotatable bonds is 2. The van der Waals surface area contributed by atoms with Crippen LogP contribution in [0.15, 0.2) is 16.9 Å². The molecule has 3 heterocycles. The summed E-state index contributed by atoms with van der Waals surface area (Å²) in [5.74, 6) is 0.906. The number of thiazole rings is 1. The van der Waals surface area contributed by atoms with Gasteiger partial charge in [0.2, 0.25) is 6.79 Å². The molecule has 0 unspecified atom stereocenters. The quantitative estimate of drug-likeness (QED) is 0.658. The Labute approximate surface area is 156 Å². The van der Waals surface area contributed by atoms with Crippen molar-refractivity contribution in [1.29, 1.82) is 0 Å². The standard InChI is InChI=1S/C17H15N3O4S2/c21-15-9-5-11-12(24-7-23-11)6-10(9)20-14(19-15)13(26-17(20)25)16(22)18-8-3-1-2-4-8/h5-6,8H,1-4,7H2,(H,18,22)(H,19,21). The molecule has 3 aromatic rings. The number of aromatic amines is 1. The van der Waals surface area contributed by atoms with Gasteiger partial charge >= 0.3 is 0 Å². The summed E-state index contributed by atoms with van der Waals surface area (Å²) in [5, 5.41) is 3.50. The number of nitrogens with zero attached hydrogens (tertiary/aromatic N) is 1.